The molecule has 0 radical (unpaired) electrons. The van der Waals surface area contributed by atoms with Crippen molar-refractivity contribution in [2.24, 2.45) is 0 Å². The molecule has 0 aliphatic rings. The van der Waals surface area contributed by atoms with Gasteiger partial charge in [-0.3, -0.25) is 0 Å². The second-order valence-corrected chi connectivity index (χ2v) is 4.74. The van der Waals surface area contributed by atoms with E-state index in [9.17, 15) is 9.90 Å². The molecule has 0 saturated carbocycles. The number of hydrogen-bond donors (Lipinski definition) is 1. The number of methoxy groups -OCH3 is 1. The van der Waals surface area contributed by atoms with E-state index in [2.05, 4.69) is 4.98 Å². The predicted molar refractivity (Wildman–Crippen MR) is 82.5 cm³/mol. The lowest BCUT2D eigenvalue weighted by atomic mass is 10.0. The molecule has 5 heteroatoms. The molecule has 0 unspecified atom stereocenters. The van der Waals surface area contributed by atoms with Crippen molar-refractivity contribution >= 4 is 5.97 Å². The van der Waals surface area contributed by atoms with E-state index in [0.29, 0.717) is 0 Å². The molecule has 0 aliphatic carbocycles. The van der Waals surface area contributed by atoms with Crippen LogP contribution in [0, 0.1) is 0 Å². The summed E-state index contributed by atoms with van der Waals surface area (Å²) in [5, 5.41) is 9.22. The van der Waals surface area contributed by atoms with Crippen LogP contribution in [-0.2, 0) is 0 Å². The Kier molecular flexibility index (Phi) is 3.62. The second-order valence-electron chi connectivity index (χ2n) is 4.74. The minimum Gasteiger partial charge on any atom is -0.497 e. The Morgan fingerprint density at radius 3 is 2.55 bits per heavy atom. The number of ether oxygens (including phenoxy) is 1. The third kappa shape index (κ3) is 2.56. The Hall–Kier alpha value is -3.08. The summed E-state index contributed by atoms with van der Waals surface area (Å²) >= 11 is 0. The average molecular weight is 294 g/mol. The smallest absolute Gasteiger partial charge is 0.335 e. The summed E-state index contributed by atoms with van der Waals surface area (Å²) in [6, 6.07) is 12.5. The van der Waals surface area contributed by atoms with Crippen LogP contribution < -0.4 is 4.74 Å². The number of carbonyl (C=O) groups is 1. The van der Waals surface area contributed by atoms with Crippen molar-refractivity contribution in [1.82, 2.24) is 9.55 Å². The molecule has 0 amide bonds. The lowest BCUT2D eigenvalue weighted by Gasteiger charge is -2.12. The van der Waals surface area contributed by atoms with Gasteiger partial charge in [0.2, 0.25) is 0 Å². The van der Waals surface area contributed by atoms with Gasteiger partial charge in [0.05, 0.1) is 24.7 Å². The lowest BCUT2D eigenvalue weighted by Crippen LogP contribution is -2.00. The van der Waals surface area contributed by atoms with Crippen molar-refractivity contribution in [3.05, 3.63) is 66.7 Å². The Balaban J connectivity index is 2.17. The molecule has 1 aromatic heterocycles. The van der Waals surface area contributed by atoms with E-state index in [1.807, 2.05) is 35.0 Å². The molecule has 0 atom stereocenters. The fourth-order valence-electron chi connectivity index (χ4n) is 2.30. The largest absolute Gasteiger partial charge is 0.497 e. The van der Waals surface area contributed by atoms with Gasteiger partial charge in [-0.05, 0) is 35.9 Å². The van der Waals surface area contributed by atoms with E-state index in [4.69, 9.17) is 4.74 Å². The highest BCUT2D eigenvalue weighted by atomic mass is 16.5. The second kappa shape index (κ2) is 5.73. The number of rotatable bonds is 4. The van der Waals surface area contributed by atoms with Gasteiger partial charge in [-0.2, -0.15) is 0 Å². The van der Waals surface area contributed by atoms with Crippen molar-refractivity contribution in [1.29, 1.82) is 0 Å². The number of imidazole rings is 1. The molecule has 110 valence electrons. The molecular formula is C17H14N2O3. The zero-order chi connectivity index (χ0) is 15.5. The van der Waals surface area contributed by atoms with Gasteiger partial charge in [0, 0.05) is 18.0 Å². The number of hydrogen-bond acceptors (Lipinski definition) is 3. The van der Waals surface area contributed by atoms with Crippen molar-refractivity contribution in [3.8, 4) is 22.6 Å². The monoisotopic (exact) mass is 294 g/mol. The van der Waals surface area contributed by atoms with Gasteiger partial charge >= 0.3 is 5.97 Å². The fraction of sp³-hybridized carbons (Fsp3) is 0.0588. The number of aromatic carboxylic acids is 1. The van der Waals surface area contributed by atoms with Gasteiger partial charge in [-0.1, -0.05) is 12.1 Å². The summed E-state index contributed by atoms with van der Waals surface area (Å²) in [7, 11) is 1.61. The maximum Gasteiger partial charge on any atom is 0.335 e. The first-order valence-electron chi connectivity index (χ1n) is 6.69. The number of aromatic nitrogens is 2. The van der Waals surface area contributed by atoms with Gasteiger partial charge < -0.3 is 14.4 Å². The van der Waals surface area contributed by atoms with Crippen LogP contribution in [0.15, 0.2) is 61.2 Å². The van der Waals surface area contributed by atoms with Crippen molar-refractivity contribution < 1.29 is 14.6 Å². The highest BCUT2D eigenvalue weighted by Gasteiger charge is 2.11. The van der Waals surface area contributed by atoms with Crippen molar-refractivity contribution in [2.45, 2.75) is 0 Å². The Bertz CT molecular complexity index is 793. The van der Waals surface area contributed by atoms with E-state index >= 15 is 0 Å². The van der Waals surface area contributed by atoms with Gasteiger partial charge in [0.1, 0.15) is 5.75 Å². The average Bonchev–Trinajstić information content (AvgIpc) is 3.08. The summed E-state index contributed by atoms with van der Waals surface area (Å²) < 4.78 is 7.01. The third-order valence-corrected chi connectivity index (χ3v) is 3.43. The SMILES string of the molecule is COc1ccc(-c2cc(C(=O)O)ccc2-n2ccnc2)cc1. The van der Waals surface area contributed by atoms with Crippen molar-refractivity contribution in [3.63, 3.8) is 0 Å². The van der Waals surface area contributed by atoms with E-state index < -0.39 is 5.97 Å². The van der Waals surface area contributed by atoms with E-state index in [1.54, 1.807) is 37.8 Å². The van der Waals surface area contributed by atoms with Crippen molar-refractivity contribution in [2.75, 3.05) is 7.11 Å². The summed E-state index contributed by atoms with van der Waals surface area (Å²) in [6.45, 7) is 0. The van der Waals surface area contributed by atoms with Gasteiger partial charge in [0.25, 0.3) is 0 Å². The molecule has 2 aromatic carbocycles. The summed E-state index contributed by atoms with van der Waals surface area (Å²) in [4.78, 5) is 15.3. The van der Waals surface area contributed by atoms with Crippen LogP contribution in [-0.4, -0.2) is 27.7 Å². The first-order valence-corrected chi connectivity index (χ1v) is 6.69. The normalized spacial score (nSPS) is 10.4. The highest BCUT2D eigenvalue weighted by molar-refractivity contribution is 5.91. The van der Waals surface area contributed by atoms with Crippen LogP contribution in [0.1, 0.15) is 10.4 Å². The number of carboxylic acids is 1. The number of nitrogens with zero attached hydrogens (tertiary/aromatic N) is 2. The molecule has 0 saturated heterocycles. The Morgan fingerprint density at radius 1 is 1.18 bits per heavy atom. The zero-order valence-corrected chi connectivity index (χ0v) is 11.9. The molecule has 0 aliphatic heterocycles. The van der Waals surface area contributed by atoms with Crippen LogP contribution in [0.2, 0.25) is 0 Å². The maximum absolute atomic E-state index is 11.2. The molecule has 0 fully saturated rings. The lowest BCUT2D eigenvalue weighted by molar-refractivity contribution is 0.0697. The summed E-state index contributed by atoms with van der Waals surface area (Å²) in [5.74, 6) is -0.200. The standard InChI is InChI=1S/C17H14N2O3/c1-22-14-5-2-12(3-6-14)15-10-13(17(20)21)4-7-16(15)19-9-8-18-11-19/h2-11H,1H3,(H,20,21). The quantitative estimate of drug-likeness (QED) is 0.802. The molecule has 1 N–H and O–H groups in total. The highest BCUT2D eigenvalue weighted by Crippen LogP contribution is 2.29. The fourth-order valence-corrected chi connectivity index (χ4v) is 2.30. The molecular weight excluding hydrogens is 280 g/mol. The van der Waals surface area contributed by atoms with Crippen LogP contribution >= 0.6 is 0 Å². The van der Waals surface area contributed by atoms with Crippen LogP contribution in [0.5, 0.6) is 5.75 Å². The van der Waals surface area contributed by atoms with Gasteiger partial charge in [0.15, 0.2) is 0 Å². The minimum atomic E-state index is -0.952. The molecule has 3 aromatic rings. The van der Waals surface area contributed by atoms with E-state index in [-0.39, 0.29) is 5.56 Å². The molecule has 3 rings (SSSR count). The molecule has 5 nitrogen and oxygen atoms in total. The molecule has 22 heavy (non-hydrogen) atoms. The first-order chi connectivity index (χ1) is 10.7. The number of benzene rings is 2. The minimum absolute atomic E-state index is 0.245. The molecule has 1 heterocycles. The summed E-state index contributed by atoms with van der Waals surface area (Å²) in [5.41, 5.74) is 2.84. The van der Waals surface area contributed by atoms with Gasteiger partial charge in [-0.15, -0.1) is 0 Å². The Labute approximate surface area is 127 Å². The van der Waals surface area contributed by atoms with Gasteiger partial charge in [-0.25, -0.2) is 9.78 Å². The zero-order valence-electron chi connectivity index (χ0n) is 11.9. The topological polar surface area (TPSA) is 64.3 Å². The van der Waals surface area contributed by atoms with Crippen LogP contribution in [0.25, 0.3) is 16.8 Å². The maximum atomic E-state index is 11.2. The van der Waals surface area contributed by atoms with E-state index in [1.165, 1.54) is 0 Å². The predicted octanol–water partition coefficient (Wildman–Crippen LogP) is 3.25. The number of carboxylic acid groups (broad SMARTS) is 1. The van der Waals surface area contributed by atoms with Crippen LogP contribution in [0.4, 0.5) is 0 Å². The molecule has 0 bridgehead atoms. The Morgan fingerprint density at radius 2 is 1.95 bits per heavy atom. The molecule has 0 spiro atoms. The van der Waals surface area contributed by atoms with E-state index in [0.717, 1.165) is 22.6 Å². The summed E-state index contributed by atoms with van der Waals surface area (Å²) in [6.07, 6.45) is 5.19. The third-order valence-electron chi connectivity index (χ3n) is 3.43. The van der Waals surface area contributed by atoms with Crippen LogP contribution in [0.3, 0.4) is 0 Å². The first kappa shape index (κ1) is 13.9.